The Kier molecular flexibility index (Phi) is 10.7. The van der Waals surface area contributed by atoms with E-state index in [-0.39, 0.29) is 11.6 Å². The van der Waals surface area contributed by atoms with Crippen molar-refractivity contribution >= 4 is 18.7 Å². The van der Waals surface area contributed by atoms with E-state index in [0.717, 1.165) is 0 Å². The molecule has 0 aliphatic rings. The zero-order valence-corrected chi connectivity index (χ0v) is 19.4. The van der Waals surface area contributed by atoms with Crippen LogP contribution in [0.5, 0.6) is 0 Å². The van der Waals surface area contributed by atoms with Crippen molar-refractivity contribution in [1.82, 2.24) is 0 Å². The smallest absolute Gasteiger partial charge is 0.261 e. The number of benzene rings is 2. The topological polar surface area (TPSA) is 36.9 Å². The van der Waals surface area contributed by atoms with Gasteiger partial charge < -0.3 is 18.6 Å². The summed E-state index contributed by atoms with van der Waals surface area (Å²) in [5.74, 6) is 0. The summed E-state index contributed by atoms with van der Waals surface area (Å²) in [5.41, 5.74) is 0. The summed E-state index contributed by atoms with van der Waals surface area (Å²) >= 11 is 0. The molecule has 0 bridgehead atoms. The van der Waals surface area contributed by atoms with Gasteiger partial charge in [-0.2, -0.15) is 0 Å². The molecule has 0 aromatic heterocycles. The summed E-state index contributed by atoms with van der Waals surface area (Å²) in [5, 5.41) is 2.49. The first-order valence-corrected chi connectivity index (χ1v) is 12.5. The van der Waals surface area contributed by atoms with Gasteiger partial charge in [-0.3, -0.25) is 0 Å². The van der Waals surface area contributed by atoms with Crippen LogP contribution >= 0.6 is 0 Å². The van der Waals surface area contributed by atoms with Crippen molar-refractivity contribution in [3.05, 3.63) is 60.7 Å². The van der Waals surface area contributed by atoms with Gasteiger partial charge in [0.1, 0.15) is 6.67 Å². The van der Waals surface area contributed by atoms with E-state index in [1.54, 1.807) is 0 Å². The van der Waals surface area contributed by atoms with E-state index in [4.69, 9.17) is 18.6 Å². The largest absolute Gasteiger partial charge is 0.405 e. The van der Waals surface area contributed by atoms with Crippen LogP contribution in [0.15, 0.2) is 60.7 Å². The summed E-state index contributed by atoms with van der Waals surface area (Å²) in [6.07, 6.45) is 0. The quantitative estimate of drug-likeness (QED) is 0.336. The number of hydrogen-bond donors (Lipinski definition) is 0. The highest BCUT2D eigenvalue weighted by atomic mass is 28.4. The monoisotopic (exact) mass is 434 g/mol. The Morgan fingerprint density at radius 3 is 1.43 bits per heavy atom. The van der Waals surface area contributed by atoms with Gasteiger partial charge in [0, 0.05) is 0 Å². The van der Waals surface area contributed by atoms with Crippen LogP contribution in [0.1, 0.15) is 20.8 Å². The van der Waals surface area contributed by atoms with E-state index in [9.17, 15) is 4.39 Å². The molecule has 4 nitrogen and oxygen atoms in total. The summed E-state index contributed by atoms with van der Waals surface area (Å²) < 4.78 is 34.8. The molecule has 166 valence electrons. The Hall–Kier alpha value is -1.57. The standard InChI is InChI=1S/C24H35FO4Si/c1-24(2,3)30(22-10-6-4-7-11-22,23-12-8-5-9-13-23)29-21-20-28-19-18-27-17-16-26-15-14-25/h4-13H,14-21H2,1-3H3. The molecule has 0 aliphatic carbocycles. The molecular formula is C24H35FO4Si. The minimum absolute atomic E-state index is 0.0432. The van der Waals surface area contributed by atoms with Gasteiger partial charge in [0.25, 0.3) is 8.32 Å². The minimum atomic E-state index is -2.50. The van der Waals surface area contributed by atoms with E-state index < -0.39 is 15.0 Å². The third-order valence-corrected chi connectivity index (χ3v) is 9.97. The fourth-order valence-corrected chi connectivity index (χ4v) is 8.16. The van der Waals surface area contributed by atoms with Crippen LogP contribution < -0.4 is 10.4 Å². The molecule has 0 fully saturated rings. The lowest BCUT2D eigenvalue weighted by atomic mass is 10.2. The Morgan fingerprint density at radius 2 is 1.03 bits per heavy atom. The molecule has 0 saturated carbocycles. The highest BCUT2D eigenvalue weighted by Crippen LogP contribution is 2.36. The molecule has 2 rings (SSSR count). The second-order valence-corrected chi connectivity index (χ2v) is 12.3. The Balaban J connectivity index is 1.94. The number of hydrogen-bond acceptors (Lipinski definition) is 4. The third-order valence-electron chi connectivity index (χ3n) is 4.93. The Morgan fingerprint density at radius 1 is 0.633 bits per heavy atom. The summed E-state index contributed by atoms with van der Waals surface area (Å²) in [6.45, 7) is 9.30. The van der Waals surface area contributed by atoms with Gasteiger partial charge in [-0.1, -0.05) is 81.4 Å². The average molecular weight is 435 g/mol. The van der Waals surface area contributed by atoms with Crippen molar-refractivity contribution in [2.45, 2.75) is 25.8 Å². The maximum absolute atomic E-state index is 11.9. The van der Waals surface area contributed by atoms with Gasteiger partial charge in [0.05, 0.1) is 46.2 Å². The van der Waals surface area contributed by atoms with E-state index >= 15 is 0 Å². The third kappa shape index (κ3) is 6.99. The zero-order valence-electron chi connectivity index (χ0n) is 18.4. The molecule has 0 atom stereocenters. The van der Waals surface area contributed by atoms with Crippen LogP contribution in [-0.4, -0.2) is 61.2 Å². The Bertz CT molecular complexity index is 652. The molecular weight excluding hydrogens is 399 g/mol. The van der Waals surface area contributed by atoms with Gasteiger partial charge in [0.2, 0.25) is 0 Å². The van der Waals surface area contributed by atoms with Crippen molar-refractivity contribution in [3.63, 3.8) is 0 Å². The van der Waals surface area contributed by atoms with Gasteiger partial charge in [-0.05, 0) is 15.4 Å². The van der Waals surface area contributed by atoms with E-state index in [1.807, 2.05) is 12.1 Å². The SMILES string of the molecule is CC(C)(C)[Si](OCCOCCOCCOCCF)(c1ccccc1)c1ccccc1. The zero-order chi connectivity index (χ0) is 21.7. The van der Waals surface area contributed by atoms with Crippen LogP contribution in [0.3, 0.4) is 0 Å². The second kappa shape index (κ2) is 13.0. The molecule has 6 heteroatoms. The summed E-state index contributed by atoms with van der Waals surface area (Å²) in [7, 11) is -2.50. The van der Waals surface area contributed by atoms with Crippen LogP contribution in [-0.2, 0) is 18.6 Å². The van der Waals surface area contributed by atoms with Crippen molar-refractivity contribution < 1.29 is 23.0 Å². The summed E-state index contributed by atoms with van der Waals surface area (Å²) in [4.78, 5) is 0. The number of rotatable bonds is 14. The fraction of sp³-hybridized carbons (Fsp3) is 0.500. The molecule has 0 radical (unpaired) electrons. The van der Waals surface area contributed by atoms with Crippen molar-refractivity contribution in [1.29, 1.82) is 0 Å². The molecule has 0 unspecified atom stereocenters. The van der Waals surface area contributed by atoms with Crippen molar-refractivity contribution in [2.75, 3.05) is 52.9 Å². The highest BCUT2D eigenvalue weighted by Gasteiger charge is 2.49. The molecule has 0 N–H and O–H groups in total. The normalized spacial score (nSPS) is 12.3. The van der Waals surface area contributed by atoms with E-state index in [2.05, 4.69) is 69.3 Å². The first kappa shape index (κ1) is 24.7. The lowest BCUT2D eigenvalue weighted by Gasteiger charge is -2.43. The molecule has 2 aromatic carbocycles. The van der Waals surface area contributed by atoms with Crippen LogP contribution in [0.25, 0.3) is 0 Å². The fourth-order valence-electron chi connectivity index (χ4n) is 3.61. The minimum Gasteiger partial charge on any atom is -0.405 e. The number of ether oxygens (including phenoxy) is 3. The maximum Gasteiger partial charge on any atom is 0.261 e. The molecule has 2 aromatic rings. The molecule has 0 aliphatic heterocycles. The molecule has 0 amide bonds. The lowest BCUT2D eigenvalue weighted by Crippen LogP contribution is -2.66. The number of alkyl halides is 1. The number of halogens is 1. The van der Waals surface area contributed by atoms with Crippen LogP contribution in [0.2, 0.25) is 5.04 Å². The van der Waals surface area contributed by atoms with E-state index in [0.29, 0.717) is 39.6 Å². The van der Waals surface area contributed by atoms with Crippen molar-refractivity contribution in [3.8, 4) is 0 Å². The van der Waals surface area contributed by atoms with Gasteiger partial charge in [-0.15, -0.1) is 0 Å². The highest BCUT2D eigenvalue weighted by molar-refractivity contribution is 6.99. The first-order valence-electron chi connectivity index (χ1n) is 10.6. The lowest BCUT2D eigenvalue weighted by molar-refractivity contribution is 0.00697. The van der Waals surface area contributed by atoms with E-state index in [1.165, 1.54) is 10.4 Å². The van der Waals surface area contributed by atoms with Gasteiger partial charge >= 0.3 is 0 Å². The predicted octanol–water partition coefficient (Wildman–Crippen LogP) is 3.58. The van der Waals surface area contributed by atoms with Gasteiger partial charge in [0.15, 0.2) is 0 Å². The van der Waals surface area contributed by atoms with Crippen LogP contribution in [0.4, 0.5) is 4.39 Å². The Labute approximate surface area is 181 Å². The molecule has 30 heavy (non-hydrogen) atoms. The maximum atomic E-state index is 11.9. The molecule has 0 saturated heterocycles. The summed E-state index contributed by atoms with van der Waals surface area (Å²) in [6, 6.07) is 21.2. The average Bonchev–Trinajstić information content (AvgIpc) is 2.75. The van der Waals surface area contributed by atoms with Crippen LogP contribution in [0, 0.1) is 0 Å². The van der Waals surface area contributed by atoms with Gasteiger partial charge in [-0.25, -0.2) is 4.39 Å². The first-order chi connectivity index (χ1) is 14.5. The van der Waals surface area contributed by atoms with Crippen molar-refractivity contribution in [2.24, 2.45) is 0 Å². The predicted molar refractivity (Wildman–Crippen MR) is 122 cm³/mol. The second-order valence-electron chi connectivity index (χ2n) is 8.04. The molecule has 0 spiro atoms. The molecule has 0 heterocycles.